The van der Waals surface area contributed by atoms with Crippen molar-refractivity contribution in [1.82, 2.24) is 0 Å². The lowest BCUT2D eigenvalue weighted by molar-refractivity contribution is -0.384. The molecule has 0 radical (unpaired) electrons. The number of nitrogens with zero attached hydrogens (tertiary/aromatic N) is 1. The molecule has 1 heterocycles. The van der Waals surface area contributed by atoms with Crippen molar-refractivity contribution >= 4 is 33.8 Å². The molecule has 0 saturated carbocycles. The van der Waals surface area contributed by atoms with Crippen molar-refractivity contribution in [2.45, 2.75) is 20.8 Å². The molecule has 34 heavy (non-hydrogen) atoms. The Bertz CT molecular complexity index is 1430. The minimum atomic E-state index is -0.504. The normalized spacial score (nSPS) is 11.5. The number of nitro groups is 1. The maximum absolute atomic E-state index is 12.7. The quantitative estimate of drug-likeness (QED) is 0.198. The zero-order valence-corrected chi connectivity index (χ0v) is 19.3. The van der Waals surface area contributed by atoms with Gasteiger partial charge in [0.05, 0.1) is 18.3 Å². The third kappa shape index (κ3) is 4.41. The minimum absolute atomic E-state index is 0.0927. The van der Waals surface area contributed by atoms with E-state index < -0.39 is 10.8 Å². The summed E-state index contributed by atoms with van der Waals surface area (Å²) in [5, 5.41) is 14.6. The van der Waals surface area contributed by atoms with E-state index in [1.54, 1.807) is 19.4 Å². The van der Waals surface area contributed by atoms with E-state index in [2.05, 4.69) is 17.4 Å². The number of hydrogen-bond donors (Lipinski definition) is 1. The SMILES string of the molecule is COc1c(/C(C)=C/C(=O)Nc2cccc([N+](=O)[O-])c2)cc2c(-c3ccc(C)cc3)coc2c1C. The van der Waals surface area contributed by atoms with Crippen molar-refractivity contribution in [3.63, 3.8) is 0 Å². The van der Waals surface area contributed by atoms with Crippen LogP contribution in [-0.4, -0.2) is 17.9 Å². The average molecular weight is 456 g/mol. The molecule has 0 saturated heterocycles. The molecular weight excluding hydrogens is 432 g/mol. The molecule has 4 aromatic rings. The van der Waals surface area contributed by atoms with Crippen LogP contribution in [0.1, 0.15) is 23.6 Å². The number of benzene rings is 3. The number of ether oxygens (including phenoxy) is 1. The van der Waals surface area contributed by atoms with Crippen molar-refractivity contribution in [1.29, 1.82) is 0 Å². The Morgan fingerprint density at radius 2 is 1.85 bits per heavy atom. The Labute approximate surface area is 196 Å². The number of non-ortho nitro benzene ring substituents is 1. The van der Waals surface area contributed by atoms with Gasteiger partial charge in [-0.1, -0.05) is 35.9 Å². The number of methoxy groups -OCH3 is 1. The third-order valence-electron chi connectivity index (χ3n) is 5.71. The number of carbonyl (C=O) groups excluding carboxylic acids is 1. The van der Waals surface area contributed by atoms with Crippen molar-refractivity contribution < 1.29 is 18.9 Å². The Balaban J connectivity index is 1.73. The number of hydrogen-bond acceptors (Lipinski definition) is 5. The number of fused-ring (bicyclic) bond motifs is 1. The third-order valence-corrected chi connectivity index (χ3v) is 5.71. The minimum Gasteiger partial charge on any atom is -0.496 e. The first-order chi connectivity index (χ1) is 16.3. The summed E-state index contributed by atoms with van der Waals surface area (Å²) in [6.45, 7) is 5.78. The highest BCUT2D eigenvalue weighted by atomic mass is 16.6. The molecular formula is C27H24N2O5. The summed E-state index contributed by atoms with van der Waals surface area (Å²) < 4.78 is 11.6. The maximum Gasteiger partial charge on any atom is 0.271 e. The number of aryl methyl sites for hydroxylation is 2. The van der Waals surface area contributed by atoms with E-state index in [-0.39, 0.29) is 5.69 Å². The number of anilines is 1. The topological polar surface area (TPSA) is 94.6 Å². The van der Waals surface area contributed by atoms with Gasteiger partial charge in [-0.05, 0) is 44.0 Å². The average Bonchev–Trinajstić information content (AvgIpc) is 3.24. The molecule has 0 aliphatic heterocycles. The van der Waals surface area contributed by atoms with Gasteiger partial charge in [-0.3, -0.25) is 14.9 Å². The molecule has 172 valence electrons. The van der Waals surface area contributed by atoms with Crippen molar-refractivity contribution in [3.05, 3.63) is 93.7 Å². The fraction of sp³-hybridized carbons (Fsp3) is 0.148. The summed E-state index contributed by atoms with van der Waals surface area (Å²) in [5.74, 6) is 0.220. The van der Waals surface area contributed by atoms with Crippen molar-refractivity contribution in [2.24, 2.45) is 0 Å². The van der Waals surface area contributed by atoms with E-state index in [0.29, 0.717) is 17.0 Å². The van der Waals surface area contributed by atoms with Gasteiger partial charge in [0, 0.05) is 46.0 Å². The summed E-state index contributed by atoms with van der Waals surface area (Å²) in [7, 11) is 1.58. The second-order valence-corrected chi connectivity index (χ2v) is 8.10. The fourth-order valence-electron chi connectivity index (χ4n) is 3.98. The first kappa shape index (κ1) is 22.8. The van der Waals surface area contributed by atoms with Crippen LogP contribution in [0, 0.1) is 24.0 Å². The Hall–Kier alpha value is -4.39. The summed E-state index contributed by atoms with van der Waals surface area (Å²) in [4.78, 5) is 23.2. The van der Waals surface area contributed by atoms with Crippen molar-refractivity contribution in [2.75, 3.05) is 12.4 Å². The van der Waals surface area contributed by atoms with E-state index in [9.17, 15) is 14.9 Å². The lowest BCUT2D eigenvalue weighted by atomic mass is 9.96. The van der Waals surface area contributed by atoms with E-state index in [4.69, 9.17) is 9.15 Å². The summed E-state index contributed by atoms with van der Waals surface area (Å²) in [5.41, 5.74) is 6.41. The van der Waals surface area contributed by atoms with Crippen LogP contribution >= 0.6 is 0 Å². The predicted molar refractivity (Wildman–Crippen MR) is 133 cm³/mol. The largest absolute Gasteiger partial charge is 0.496 e. The molecule has 0 fully saturated rings. The first-order valence-electron chi connectivity index (χ1n) is 10.7. The number of furan rings is 1. The molecule has 4 rings (SSSR count). The van der Waals surface area contributed by atoms with Crippen LogP contribution in [0.3, 0.4) is 0 Å². The number of allylic oxidation sites excluding steroid dienone is 1. The van der Waals surface area contributed by atoms with Crippen LogP contribution in [0.4, 0.5) is 11.4 Å². The van der Waals surface area contributed by atoms with Gasteiger partial charge >= 0.3 is 0 Å². The van der Waals surface area contributed by atoms with Crippen LogP contribution < -0.4 is 10.1 Å². The predicted octanol–water partition coefficient (Wildman–Crippen LogP) is 6.68. The van der Waals surface area contributed by atoms with E-state index in [1.165, 1.54) is 29.8 Å². The van der Waals surface area contributed by atoms with Crippen molar-refractivity contribution in [3.8, 4) is 16.9 Å². The lowest BCUT2D eigenvalue weighted by Gasteiger charge is -2.13. The molecule has 7 heteroatoms. The van der Waals surface area contributed by atoms with Gasteiger partial charge in [-0.2, -0.15) is 0 Å². The van der Waals surface area contributed by atoms with Crippen LogP contribution in [0.5, 0.6) is 5.75 Å². The number of carbonyl (C=O) groups is 1. The van der Waals surface area contributed by atoms with E-state index in [0.717, 1.165) is 33.2 Å². The van der Waals surface area contributed by atoms with Gasteiger partial charge in [0.15, 0.2) is 0 Å². The van der Waals surface area contributed by atoms with Gasteiger partial charge in [-0.25, -0.2) is 0 Å². The second kappa shape index (κ2) is 9.23. The van der Waals surface area contributed by atoms with Gasteiger partial charge in [-0.15, -0.1) is 0 Å². The van der Waals surface area contributed by atoms with Crippen LogP contribution in [0.2, 0.25) is 0 Å². The smallest absolute Gasteiger partial charge is 0.271 e. The number of nitrogens with one attached hydrogen (secondary N) is 1. The van der Waals surface area contributed by atoms with Crippen LogP contribution in [-0.2, 0) is 4.79 Å². The van der Waals surface area contributed by atoms with Crippen LogP contribution in [0.15, 0.2) is 71.4 Å². The zero-order chi connectivity index (χ0) is 24.4. The fourth-order valence-corrected chi connectivity index (χ4v) is 3.98. The summed E-state index contributed by atoms with van der Waals surface area (Å²) in [6.07, 6.45) is 3.19. The molecule has 1 aromatic heterocycles. The molecule has 7 nitrogen and oxygen atoms in total. The molecule has 1 N–H and O–H groups in total. The van der Waals surface area contributed by atoms with Gasteiger partial charge in [0.2, 0.25) is 5.91 Å². The molecule has 0 spiro atoms. The highest BCUT2D eigenvalue weighted by molar-refractivity contribution is 6.06. The number of rotatable bonds is 6. The maximum atomic E-state index is 12.7. The van der Waals surface area contributed by atoms with Gasteiger partial charge < -0.3 is 14.5 Å². The van der Waals surface area contributed by atoms with Gasteiger partial charge in [0.1, 0.15) is 11.3 Å². The Morgan fingerprint density at radius 3 is 2.53 bits per heavy atom. The molecule has 0 aliphatic rings. The molecule has 0 unspecified atom stereocenters. The first-order valence-corrected chi connectivity index (χ1v) is 10.7. The standard InChI is InChI=1S/C27H24N2O5/c1-16-8-10-19(11-9-16)24-15-34-27-18(3)26(33-4)22(14-23(24)27)17(2)12-25(30)28-20-6-5-7-21(13-20)29(31)32/h5-15H,1-4H3,(H,28,30)/b17-12+. The van der Waals surface area contributed by atoms with E-state index in [1.807, 2.05) is 39.0 Å². The molecule has 0 atom stereocenters. The summed E-state index contributed by atoms with van der Waals surface area (Å²) >= 11 is 0. The Morgan fingerprint density at radius 1 is 1.12 bits per heavy atom. The highest BCUT2D eigenvalue weighted by Gasteiger charge is 2.19. The Kier molecular flexibility index (Phi) is 6.19. The highest BCUT2D eigenvalue weighted by Crippen LogP contribution is 2.40. The van der Waals surface area contributed by atoms with Crippen LogP contribution in [0.25, 0.3) is 27.7 Å². The molecule has 0 aliphatic carbocycles. The molecule has 0 bridgehead atoms. The number of nitro benzene ring substituents is 1. The van der Waals surface area contributed by atoms with E-state index >= 15 is 0 Å². The molecule has 1 amide bonds. The summed E-state index contributed by atoms with van der Waals surface area (Å²) in [6, 6.07) is 16.0. The second-order valence-electron chi connectivity index (χ2n) is 8.10. The lowest BCUT2D eigenvalue weighted by Crippen LogP contribution is -2.09. The van der Waals surface area contributed by atoms with Gasteiger partial charge in [0.25, 0.3) is 5.69 Å². The zero-order valence-electron chi connectivity index (χ0n) is 19.3. The monoisotopic (exact) mass is 456 g/mol. The molecule has 3 aromatic carbocycles. The number of amides is 1.